The largest absolute Gasteiger partial charge is 0.508 e. The highest BCUT2D eigenvalue weighted by atomic mass is 28.4. The Morgan fingerprint density at radius 3 is 1.93 bits per heavy atom. The standard InChI is InChI=1S/C36H39NO6Si/c1-36(2,3)44(30-14-6-4-7-15-30,31-16-8-5-9-17-31)43-26-27(13-12-20-34(39)32-18-10-11-19-33(32)38)25-35(40)28-21-23-29(24-22-28)37(41)42/h4-12,14-19,21-24,34-35,38-40H,20,25-26H2,1-3H3/t13?,34-,35-/m1/s1. The van der Waals surface area contributed by atoms with Crippen molar-refractivity contribution in [2.24, 2.45) is 0 Å². The van der Waals surface area contributed by atoms with E-state index in [-0.39, 0.29) is 35.9 Å². The highest BCUT2D eigenvalue weighted by Gasteiger charge is 2.50. The molecular weight excluding hydrogens is 570 g/mol. The lowest BCUT2D eigenvalue weighted by atomic mass is 10.0. The Kier molecular flexibility index (Phi) is 10.7. The van der Waals surface area contributed by atoms with E-state index in [0.29, 0.717) is 16.7 Å². The van der Waals surface area contributed by atoms with E-state index in [0.717, 1.165) is 10.4 Å². The first-order chi connectivity index (χ1) is 21.0. The fraction of sp³-hybridized carbons (Fsp3) is 0.250. The zero-order valence-electron chi connectivity index (χ0n) is 25.3. The minimum atomic E-state index is -2.90. The molecule has 44 heavy (non-hydrogen) atoms. The number of para-hydroxylation sites is 1. The van der Waals surface area contributed by atoms with Gasteiger partial charge in [-0.1, -0.05) is 99.6 Å². The van der Waals surface area contributed by atoms with Crippen LogP contribution >= 0.6 is 0 Å². The Morgan fingerprint density at radius 2 is 1.41 bits per heavy atom. The summed E-state index contributed by atoms with van der Waals surface area (Å²) < 4.78 is 7.09. The van der Waals surface area contributed by atoms with E-state index >= 15 is 0 Å². The van der Waals surface area contributed by atoms with E-state index in [2.05, 4.69) is 50.8 Å². The Morgan fingerprint density at radius 1 is 0.864 bits per heavy atom. The van der Waals surface area contributed by atoms with E-state index in [9.17, 15) is 25.4 Å². The van der Waals surface area contributed by atoms with Crippen molar-refractivity contribution >= 4 is 24.4 Å². The summed E-state index contributed by atoms with van der Waals surface area (Å²) in [5.74, 6) is 0.0150. The summed E-state index contributed by atoms with van der Waals surface area (Å²) in [5.41, 5.74) is 4.85. The van der Waals surface area contributed by atoms with Crippen LogP contribution in [0.1, 0.15) is 56.9 Å². The topological polar surface area (TPSA) is 113 Å². The van der Waals surface area contributed by atoms with Gasteiger partial charge in [-0.3, -0.25) is 10.1 Å². The smallest absolute Gasteiger partial charge is 0.269 e. The van der Waals surface area contributed by atoms with E-state index in [4.69, 9.17) is 4.43 Å². The van der Waals surface area contributed by atoms with Crippen LogP contribution in [-0.4, -0.2) is 35.2 Å². The van der Waals surface area contributed by atoms with Crippen LogP contribution in [0, 0.1) is 10.1 Å². The summed E-state index contributed by atoms with van der Waals surface area (Å²) in [6.07, 6.45) is 0.149. The van der Waals surface area contributed by atoms with Gasteiger partial charge >= 0.3 is 0 Å². The first-order valence-electron chi connectivity index (χ1n) is 14.6. The number of hydrogen-bond acceptors (Lipinski definition) is 6. The number of nitro benzene ring substituents is 1. The number of aliphatic hydroxyl groups excluding tert-OH is 2. The molecule has 4 rings (SSSR count). The van der Waals surface area contributed by atoms with Crippen molar-refractivity contribution in [2.45, 2.75) is 50.9 Å². The average molecular weight is 610 g/mol. The molecule has 0 fully saturated rings. The number of nitrogens with zero attached hydrogens (tertiary/aromatic N) is 1. The van der Waals surface area contributed by atoms with Crippen LogP contribution < -0.4 is 10.4 Å². The van der Waals surface area contributed by atoms with Crippen molar-refractivity contribution < 1.29 is 24.7 Å². The molecule has 0 saturated heterocycles. The number of aliphatic hydroxyl groups is 2. The molecule has 8 heteroatoms. The molecular formula is C36H39NO6Si. The fourth-order valence-electron chi connectivity index (χ4n) is 5.50. The molecule has 0 aliphatic carbocycles. The van der Waals surface area contributed by atoms with Gasteiger partial charge in [-0.15, -0.1) is 5.73 Å². The zero-order valence-corrected chi connectivity index (χ0v) is 26.3. The molecule has 0 aromatic heterocycles. The van der Waals surface area contributed by atoms with Crippen LogP contribution in [-0.2, 0) is 4.43 Å². The van der Waals surface area contributed by atoms with Gasteiger partial charge in [0.15, 0.2) is 0 Å². The van der Waals surface area contributed by atoms with Crippen molar-refractivity contribution in [1.82, 2.24) is 0 Å². The van der Waals surface area contributed by atoms with Crippen LogP contribution in [0.3, 0.4) is 0 Å². The maximum atomic E-state index is 11.2. The number of aromatic hydroxyl groups is 1. The highest BCUT2D eigenvalue weighted by molar-refractivity contribution is 6.99. The normalized spacial score (nSPS) is 13.0. The lowest BCUT2D eigenvalue weighted by molar-refractivity contribution is -0.384. The Bertz CT molecular complexity index is 1550. The van der Waals surface area contributed by atoms with Gasteiger partial charge in [0, 0.05) is 30.5 Å². The third kappa shape index (κ3) is 7.61. The van der Waals surface area contributed by atoms with Gasteiger partial charge in [0.25, 0.3) is 14.0 Å². The summed E-state index contributed by atoms with van der Waals surface area (Å²) in [6.45, 7) is 6.73. The van der Waals surface area contributed by atoms with Crippen LogP contribution in [0.25, 0.3) is 0 Å². The van der Waals surface area contributed by atoms with Gasteiger partial charge in [0.1, 0.15) is 5.75 Å². The molecule has 0 aliphatic heterocycles. The van der Waals surface area contributed by atoms with Crippen molar-refractivity contribution in [3.05, 3.63) is 148 Å². The summed E-state index contributed by atoms with van der Waals surface area (Å²) in [4.78, 5) is 10.7. The molecule has 0 heterocycles. The van der Waals surface area contributed by atoms with Crippen molar-refractivity contribution in [1.29, 1.82) is 0 Å². The van der Waals surface area contributed by atoms with E-state index in [1.54, 1.807) is 36.4 Å². The van der Waals surface area contributed by atoms with Crippen LogP contribution in [0.15, 0.2) is 127 Å². The Hall–Kier alpha value is -4.30. The molecule has 7 nitrogen and oxygen atoms in total. The predicted octanol–water partition coefficient (Wildman–Crippen LogP) is 6.51. The number of hydrogen-bond donors (Lipinski definition) is 3. The van der Waals surface area contributed by atoms with Crippen molar-refractivity contribution in [2.75, 3.05) is 6.61 Å². The molecule has 0 spiro atoms. The molecule has 0 aliphatic rings. The molecule has 0 unspecified atom stereocenters. The quantitative estimate of drug-likeness (QED) is 0.0731. The number of rotatable bonds is 12. The second-order valence-electron chi connectivity index (χ2n) is 11.8. The number of non-ortho nitro benzene ring substituents is 1. The van der Waals surface area contributed by atoms with Gasteiger partial charge in [-0.25, -0.2) is 0 Å². The van der Waals surface area contributed by atoms with E-state index in [1.807, 2.05) is 36.4 Å². The first kappa shape index (κ1) is 32.6. The molecule has 2 atom stereocenters. The van der Waals surface area contributed by atoms with Crippen LogP contribution in [0.5, 0.6) is 5.75 Å². The number of phenols is 1. The second kappa shape index (κ2) is 14.4. The lowest BCUT2D eigenvalue weighted by Gasteiger charge is -2.43. The fourth-order valence-corrected chi connectivity index (χ4v) is 10.0. The van der Waals surface area contributed by atoms with Gasteiger partial charge in [0.05, 0.1) is 23.7 Å². The van der Waals surface area contributed by atoms with Gasteiger partial charge < -0.3 is 19.7 Å². The number of phenolic OH excluding ortho intramolecular Hbond substituents is 1. The summed E-state index contributed by atoms with van der Waals surface area (Å²) >= 11 is 0. The van der Waals surface area contributed by atoms with Crippen LogP contribution in [0.4, 0.5) is 5.69 Å². The van der Waals surface area contributed by atoms with Crippen molar-refractivity contribution in [3.8, 4) is 5.75 Å². The molecule has 0 bridgehead atoms. The highest BCUT2D eigenvalue weighted by Crippen LogP contribution is 2.37. The molecule has 4 aromatic rings. The first-order valence-corrected chi connectivity index (χ1v) is 16.5. The SMILES string of the molecule is CC(C)(C)[Si](OCC(=C=CC[C@@H](O)c1ccccc1O)C[C@@H](O)c1ccc([N+](=O)[O-])cc1)(c1ccccc1)c1ccccc1. The van der Waals surface area contributed by atoms with Gasteiger partial charge in [-0.05, 0) is 50.8 Å². The maximum absolute atomic E-state index is 11.2. The summed E-state index contributed by atoms with van der Waals surface area (Å²) in [5, 5.41) is 45.2. The molecule has 228 valence electrons. The Labute approximate surface area is 259 Å². The Balaban J connectivity index is 1.71. The average Bonchev–Trinajstić information content (AvgIpc) is 3.01. The van der Waals surface area contributed by atoms with E-state index in [1.165, 1.54) is 18.2 Å². The second-order valence-corrected chi connectivity index (χ2v) is 16.1. The number of benzene rings is 4. The van der Waals surface area contributed by atoms with E-state index < -0.39 is 25.4 Å². The number of nitro groups is 1. The van der Waals surface area contributed by atoms with Crippen LogP contribution in [0.2, 0.25) is 5.04 Å². The third-order valence-electron chi connectivity index (χ3n) is 7.75. The maximum Gasteiger partial charge on any atom is 0.269 e. The summed E-state index contributed by atoms with van der Waals surface area (Å²) in [6, 6.07) is 33.0. The monoisotopic (exact) mass is 609 g/mol. The molecule has 3 N–H and O–H groups in total. The minimum Gasteiger partial charge on any atom is -0.508 e. The predicted molar refractivity (Wildman–Crippen MR) is 176 cm³/mol. The third-order valence-corrected chi connectivity index (χ3v) is 12.7. The van der Waals surface area contributed by atoms with Crippen molar-refractivity contribution in [3.63, 3.8) is 0 Å². The lowest BCUT2D eigenvalue weighted by Crippen LogP contribution is -2.66. The van der Waals surface area contributed by atoms with Gasteiger partial charge in [-0.2, -0.15) is 0 Å². The molecule has 0 saturated carbocycles. The molecule has 4 aromatic carbocycles. The molecule has 0 radical (unpaired) electrons. The minimum absolute atomic E-state index is 0.0150. The van der Waals surface area contributed by atoms with Gasteiger partial charge in [0.2, 0.25) is 0 Å². The molecule has 0 amide bonds. The summed E-state index contributed by atoms with van der Waals surface area (Å²) in [7, 11) is -2.90. The zero-order chi connectivity index (χ0) is 31.7.